The van der Waals surface area contributed by atoms with E-state index in [1.165, 1.54) is 116 Å². The molecule has 0 saturated carbocycles. The van der Waals surface area contributed by atoms with E-state index in [0.29, 0.717) is 0 Å². The summed E-state index contributed by atoms with van der Waals surface area (Å²) in [5, 5.41) is 6.29. The van der Waals surface area contributed by atoms with E-state index in [4.69, 9.17) is 34.1 Å². The molecule has 7 heteroatoms. The van der Waals surface area contributed by atoms with Crippen molar-refractivity contribution in [3.8, 4) is 0 Å². The van der Waals surface area contributed by atoms with E-state index in [1.54, 1.807) is 49.3 Å². The molecule has 0 fully saturated rings. The van der Waals surface area contributed by atoms with Crippen LogP contribution in [0.4, 0.5) is 0 Å². The van der Waals surface area contributed by atoms with E-state index < -0.39 is 49.8 Å². The van der Waals surface area contributed by atoms with Crippen LogP contribution in [-0.4, -0.2) is 8.07 Å². The number of halogens is 4. The molecule has 5 aromatic rings. The van der Waals surface area contributed by atoms with Crippen LogP contribution in [0.3, 0.4) is 0 Å². The van der Waals surface area contributed by atoms with Crippen LogP contribution in [0.25, 0.3) is 10.8 Å². The third-order valence-electron chi connectivity index (χ3n) is 11.8. The van der Waals surface area contributed by atoms with Crippen LogP contribution >= 0.6 is 34.1 Å². The van der Waals surface area contributed by atoms with Gasteiger partial charge in [-0.15, -0.1) is 40.2 Å². The molecule has 0 atom stereocenters. The fourth-order valence-electron chi connectivity index (χ4n) is 9.01. The summed E-state index contributed by atoms with van der Waals surface area (Å²) in [6, 6.07) is 21.2. The Morgan fingerprint density at radius 3 is 1.65 bits per heavy atom. The first kappa shape index (κ1) is 43.7. The second-order valence-corrected chi connectivity index (χ2v) is 26.8. The van der Waals surface area contributed by atoms with Crippen LogP contribution < -0.4 is 10.4 Å². The van der Waals surface area contributed by atoms with Gasteiger partial charge in [0.25, 0.3) is 0 Å². The second kappa shape index (κ2) is 21.4. The zero-order valence-corrected chi connectivity index (χ0v) is 40.8. The van der Waals surface area contributed by atoms with Crippen LogP contribution in [0, 0.1) is 27.7 Å². The Balaban J connectivity index is 0.000000201. The Bertz CT molecular complexity index is 1740. The molecule has 0 saturated heterocycles. The maximum atomic E-state index is 4.93. The topological polar surface area (TPSA) is 0 Å². The average Bonchev–Trinajstić information content (AvgIpc) is 3.89. The van der Waals surface area contributed by atoms with Crippen molar-refractivity contribution in [2.75, 3.05) is 0 Å². The maximum Gasteiger partial charge on any atom is -0.0509 e. The van der Waals surface area contributed by atoms with Crippen molar-refractivity contribution in [3.05, 3.63) is 116 Å². The molecule has 0 unspecified atom stereocenters. The molecule has 0 nitrogen and oxygen atoms in total. The van der Waals surface area contributed by atoms with Crippen LogP contribution in [0.2, 0.25) is 13.1 Å². The van der Waals surface area contributed by atoms with E-state index in [2.05, 4.69) is 102 Å². The van der Waals surface area contributed by atoms with Gasteiger partial charge >= 0.3 is 75.7 Å². The van der Waals surface area contributed by atoms with Crippen molar-refractivity contribution in [1.29, 1.82) is 0 Å². The van der Waals surface area contributed by atoms with Crippen LogP contribution in [0.5, 0.6) is 0 Å². The van der Waals surface area contributed by atoms with Gasteiger partial charge in [-0.2, -0.15) is 78.5 Å². The van der Waals surface area contributed by atoms with E-state index in [1.807, 2.05) is 0 Å². The van der Waals surface area contributed by atoms with Gasteiger partial charge in [0.2, 0.25) is 0 Å². The van der Waals surface area contributed by atoms with Gasteiger partial charge in [-0.1, -0.05) is 137 Å². The van der Waals surface area contributed by atoms with Gasteiger partial charge in [0, 0.05) is 8.07 Å². The summed E-state index contributed by atoms with van der Waals surface area (Å²) in [4.78, 5) is 0. The number of rotatable bonds is 8. The van der Waals surface area contributed by atoms with Gasteiger partial charge in [0.15, 0.2) is 0 Å². The summed E-state index contributed by atoms with van der Waals surface area (Å²) in [7, 11) is 18.0. The van der Waals surface area contributed by atoms with Gasteiger partial charge in [-0.3, -0.25) is 0 Å². The Hall–Kier alpha value is 0.0231. The fraction of sp³-hybridized carbons (Fsp3) is 0.455. The standard InChI is InChI=1S/C24H32Si.C20H24.4ClH.2Zr/c1-8-9-12-20-15-23(22-14-11-10-13-21(20)22)25(6,7)24-18(4)16(2)17(3)19(24)5;1-3-7-19-15(5-1)9-11-17(19)13-14-18-12-10-16-6-2-4-8-20(16)18;;;;;;/h10-11,13-15H,8-9,12H2,1-7H3;9-12H,1-8,13-14H2;4*1H;;/q2*-2;;;;;2*+4/p-4. The van der Waals surface area contributed by atoms with Crippen molar-refractivity contribution in [3.63, 3.8) is 0 Å². The molecule has 0 heterocycles. The van der Waals surface area contributed by atoms with Gasteiger partial charge in [0.1, 0.15) is 0 Å². The zero-order chi connectivity index (χ0) is 37.1. The fourth-order valence-corrected chi connectivity index (χ4v) is 13.0. The third kappa shape index (κ3) is 10.7. The summed E-state index contributed by atoms with van der Waals surface area (Å²) in [6.45, 7) is 16.6. The zero-order valence-electron chi connectivity index (χ0n) is 31.9. The maximum absolute atomic E-state index is 4.93. The molecule has 0 bridgehead atoms. The molecule has 0 spiro atoms. The minimum absolute atomic E-state index is 0.826. The molecule has 0 radical (unpaired) electrons. The molecule has 272 valence electrons. The SMILES string of the molecule is CCCCc1c[c-]([Si](C)(C)[c-]2c(C)c(C)c(C)c2C)c2ccccc12.[Cl][Zr+2][Cl].[Cl][Zr+2][Cl].c1c[c-](CC[c-]2ccc3c2CCCC3)c2c1CCCC2. The Labute approximate surface area is 348 Å². The number of hydrogen-bond donors (Lipinski definition) is 0. The predicted molar refractivity (Wildman–Crippen MR) is 224 cm³/mol. The van der Waals surface area contributed by atoms with E-state index in [0.717, 1.165) is 0 Å². The Kier molecular flexibility index (Phi) is 18.3. The smallest absolute Gasteiger partial charge is 0.0509 e. The number of fused-ring (bicyclic) bond motifs is 3. The summed E-state index contributed by atoms with van der Waals surface area (Å²) in [6.07, 6.45) is 17.1. The summed E-state index contributed by atoms with van der Waals surface area (Å²) in [5.41, 5.74) is 17.6. The molecule has 2 aliphatic carbocycles. The quantitative estimate of drug-likeness (QED) is 0.107. The minimum atomic E-state index is -1.74. The number of unbranched alkanes of at least 4 members (excludes halogenated alkanes) is 1. The molecular formula is C44H56Cl4SiZr2. The number of benzene rings is 1. The molecular weight excluding hydrogens is 881 g/mol. The molecule has 0 N–H and O–H groups in total. The third-order valence-corrected chi connectivity index (χ3v) is 15.6. The Morgan fingerprint density at radius 2 is 1.16 bits per heavy atom. The van der Waals surface area contributed by atoms with Crippen LogP contribution in [-0.2, 0) is 86.6 Å². The van der Waals surface area contributed by atoms with Crippen molar-refractivity contribution in [1.82, 2.24) is 0 Å². The van der Waals surface area contributed by atoms with Crippen LogP contribution in [0.15, 0.2) is 54.6 Å². The van der Waals surface area contributed by atoms with Gasteiger partial charge < -0.3 is 0 Å². The molecule has 7 rings (SSSR count). The average molecular weight is 937 g/mol. The van der Waals surface area contributed by atoms with E-state index >= 15 is 0 Å². The predicted octanol–water partition coefficient (Wildman–Crippen LogP) is 13.1. The van der Waals surface area contributed by atoms with Crippen molar-refractivity contribution < 1.29 is 41.7 Å². The summed E-state index contributed by atoms with van der Waals surface area (Å²) < 4.78 is 0. The summed E-state index contributed by atoms with van der Waals surface area (Å²) >= 11 is -1.65. The molecule has 0 aromatic heterocycles. The largest absolute Gasteiger partial charge is 0.210 e. The van der Waals surface area contributed by atoms with Crippen LogP contribution in [0.1, 0.15) is 107 Å². The Morgan fingerprint density at radius 1 is 0.686 bits per heavy atom. The second-order valence-electron chi connectivity index (χ2n) is 15.0. The van der Waals surface area contributed by atoms with E-state index in [9.17, 15) is 0 Å². The molecule has 5 aromatic carbocycles. The van der Waals surface area contributed by atoms with Gasteiger partial charge in [-0.25, -0.2) is 12.1 Å². The van der Waals surface area contributed by atoms with Crippen molar-refractivity contribution in [2.45, 2.75) is 131 Å². The molecule has 0 amide bonds. The number of aryl methyl sites for hydroxylation is 5. The number of hydrogen-bond acceptors (Lipinski definition) is 0. The van der Waals surface area contributed by atoms with Gasteiger partial charge in [0.05, 0.1) is 0 Å². The van der Waals surface area contributed by atoms with Crippen molar-refractivity contribution in [2.24, 2.45) is 0 Å². The molecule has 51 heavy (non-hydrogen) atoms. The summed E-state index contributed by atoms with van der Waals surface area (Å²) in [5.74, 6) is 0. The van der Waals surface area contributed by atoms with Crippen molar-refractivity contribution >= 4 is 63.3 Å². The minimum Gasteiger partial charge on any atom is -0.210 e. The van der Waals surface area contributed by atoms with Gasteiger partial charge in [-0.05, 0) is 0 Å². The normalized spacial score (nSPS) is 13.4. The molecule has 2 aliphatic rings. The monoisotopic (exact) mass is 932 g/mol. The first-order valence-corrected chi connectivity index (χ1v) is 34.6. The first-order valence-electron chi connectivity index (χ1n) is 18.9. The van der Waals surface area contributed by atoms with E-state index in [-0.39, 0.29) is 0 Å². The first-order chi connectivity index (χ1) is 24.5. The molecule has 0 aliphatic heterocycles.